The van der Waals surface area contributed by atoms with Gasteiger partial charge in [0.05, 0.1) is 12.5 Å². The van der Waals surface area contributed by atoms with Gasteiger partial charge in [0.15, 0.2) is 0 Å². The Hall–Kier alpha value is -1.88. The predicted octanol–water partition coefficient (Wildman–Crippen LogP) is 3.38. The number of ether oxygens (including phenoxy) is 1. The summed E-state index contributed by atoms with van der Waals surface area (Å²) in [6.45, 7) is 1.94. The van der Waals surface area contributed by atoms with Gasteiger partial charge in [-0.25, -0.2) is 0 Å². The van der Waals surface area contributed by atoms with Gasteiger partial charge >= 0.3 is 5.97 Å². The Balaban J connectivity index is 1.94. The number of hydrogen-bond donors (Lipinski definition) is 2. The molecule has 5 nitrogen and oxygen atoms in total. The molecule has 1 unspecified atom stereocenters. The second-order valence-electron chi connectivity index (χ2n) is 6.05. The van der Waals surface area contributed by atoms with Crippen molar-refractivity contribution >= 4 is 17.6 Å². The average Bonchev–Trinajstić information content (AvgIpc) is 2.53. The summed E-state index contributed by atoms with van der Waals surface area (Å²) in [5, 5.41) is 11.7. The molecule has 0 spiro atoms. The number of amides is 1. The largest absolute Gasteiger partial charge is 0.481 e. The molecule has 0 aromatic heterocycles. The number of carbonyl (C=O) groups excluding carboxylic acids is 1. The lowest BCUT2D eigenvalue weighted by Crippen LogP contribution is -2.34. The molecule has 0 radical (unpaired) electrons. The maximum atomic E-state index is 12.4. The van der Waals surface area contributed by atoms with Gasteiger partial charge in [-0.15, -0.1) is 0 Å². The fourth-order valence-electron chi connectivity index (χ4n) is 2.93. The highest BCUT2D eigenvalue weighted by Crippen LogP contribution is 2.22. The highest BCUT2D eigenvalue weighted by atomic mass is 16.5. The van der Waals surface area contributed by atoms with Crippen LogP contribution in [0.1, 0.15) is 51.0 Å². The standard InChI is InChI=1S/C18H25NO4/c1-2-16(23-15-9-4-3-5-10-15)18(22)19-14-8-6-7-13(11-14)12-17(20)21/h6-8,11,15-16H,2-5,9-10,12H2,1H3,(H,19,22)(H,20,21). The zero-order valence-corrected chi connectivity index (χ0v) is 13.6. The Kier molecular flexibility index (Phi) is 6.59. The molecule has 1 aliphatic carbocycles. The van der Waals surface area contributed by atoms with Gasteiger partial charge in [-0.05, 0) is 37.0 Å². The van der Waals surface area contributed by atoms with Crippen LogP contribution in [0, 0.1) is 0 Å². The van der Waals surface area contributed by atoms with Crippen LogP contribution in [0.15, 0.2) is 24.3 Å². The summed E-state index contributed by atoms with van der Waals surface area (Å²) >= 11 is 0. The first-order chi connectivity index (χ1) is 11.1. The van der Waals surface area contributed by atoms with Crippen LogP contribution in [-0.2, 0) is 20.7 Å². The summed E-state index contributed by atoms with van der Waals surface area (Å²) in [6.07, 6.45) is 5.92. The van der Waals surface area contributed by atoms with Gasteiger partial charge in [-0.1, -0.05) is 38.3 Å². The third kappa shape index (κ3) is 5.67. The van der Waals surface area contributed by atoms with Gasteiger partial charge in [0.25, 0.3) is 5.91 Å². The zero-order chi connectivity index (χ0) is 16.7. The molecule has 0 heterocycles. The predicted molar refractivity (Wildman–Crippen MR) is 88.4 cm³/mol. The van der Waals surface area contributed by atoms with Crippen molar-refractivity contribution in [3.05, 3.63) is 29.8 Å². The molecule has 1 atom stereocenters. The molecule has 2 rings (SSSR count). The number of hydrogen-bond acceptors (Lipinski definition) is 3. The minimum absolute atomic E-state index is 0.0561. The van der Waals surface area contributed by atoms with Crippen molar-refractivity contribution in [3.63, 3.8) is 0 Å². The molecule has 0 aliphatic heterocycles. The molecular formula is C18H25NO4. The van der Waals surface area contributed by atoms with Crippen LogP contribution in [-0.4, -0.2) is 29.2 Å². The molecule has 23 heavy (non-hydrogen) atoms. The molecule has 1 amide bonds. The third-order valence-electron chi connectivity index (χ3n) is 4.12. The summed E-state index contributed by atoms with van der Waals surface area (Å²) < 4.78 is 5.96. The van der Waals surface area contributed by atoms with E-state index in [0.29, 0.717) is 17.7 Å². The Morgan fingerprint density at radius 1 is 1.30 bits per heavy atom. The van der Waals surface area contributed by atoms with E-state index in [9.17, 15) is 9.59 Å². The monoisotopic (exact) mass is 319 g/mol. The molecule has 1 saturated carbocycles. The number of carboxylic acids is 1. The number of benzene rings is 1. The van der Waals surface area contributed by atoms with Crippen molar-refractivity contribution in [1.82, 2.24) is 0 Å². The smallest absolute Gasteiger partial charge is 0.307 e. The third-order valence-corrected chi connectivity index (χ3v) is 4.12. The fraction of sp³-hybridized carbons (Fsp3) is 0.556. The Morgan fingerprint density at radius 2 is 2.04 bits per heavy atom. The van der Waals surface area contributed by atoms with Crippen LogP contribution in [0.4, 0.5) is 5.69 Å². The minimum Gasteiger partial charge on any atom is -0.481 e. The summed E-state index contributed by atoms with van der Waals surface area (Å²) in [4.78, 5) is 23.2. The van der Waals surface area contributed by atoms with Gasteiger partial charge in [-0.3, -0.25) is 9.59 Å². The number of carbonyl (C=O) groups is 2. The van der Waals surface area contributed by atoms with Crippen LogP contribution in [0.3, 0.4) is 0 Å². The number of carboxylic acid groups (broad SMARTS) is 1. The number of aliphatic carboxylic acids is 1. The van der Waals surface area contributed by atoms with Crippen molar-refractivity contribution in [2.75, 3.05) is 5.32 Å². The van der Waals surface area contributed by atoms with Gasteiger partial charge in [0.2, 0.25) is 0 Å². The van der Waals surface area contributed by atoms with Gasteiger partial charge in [-0.2, -0.15) is 0 Å². The molecule has 0 bridgehead atoms. The summed E-state index contributed by atoms with van der Waals surface area (Å²) in [5.74, 6) is -1.05. The fourth-order valence-corrected chi connectivity index (χ4v) is 2.93. The number of rotatable bonds is 7. The Labute approximate surface area is 137 Å². The summed E-state index contributed by atoms with van der Waals surface area (Å²) in [5.41, 5.74) is 1.27. The molecule has 1 aromatic rings. The first kappa shape index (κ1) is 17.5. The molecule has 1 aromatic carbocycles. The van der Waals surface area contributed by atoms with Crippen LogP contribution in [0.25, 0.3) is 0 Å². The first-order valence-corrected chi connectivity index (χ1v) is 8.35. The first-order valence-electron chi connectivity index (χ1n) is 8.35. The van der Waals surface area contributed by atoms with E-state index in [4.69, 9.17) is 9.84 Å². The maximum absolute atomic E-state index is 12.4. The highest BCUT2D eigenvalue weighted by molar-refractivity contribution is 5.94. The lowest BCUT2D eigenvalue weighted by molar-refractivity contribution is -0.136. The molecule has 1 fully saturated rings. The Morgan fingerprint density at radius 3 is 2.70 bits per heavy atom. The van der Waals surface area contributed by atoms with Crippen molar-refractivity contribution < 1.29 is 19.4 Å². The number of anilines is 1. The Bertz CT molecular complexity index is 538. The average molecular weight is 319 g/mol. The van der Waals surface area contributed by atoms with Crippen molar-refractivity contribution in [2.24, 2.45) is 0 Å². The van der Waals surface area contributed by atoms with E-state index in [1.165, 1.54) is 19.3 Å². The van der Waals surface area contributed by atoms with E-state index in [-0.39, 0.29) is 18.4 Å². The van der Waals surface area contributed by atoms with E-state index in [0.717, 1.165) is 12.8 Å². The summed E-state index contributed by atoms with van der Waals surface area (Å²) in [7, 11) is 0. The number of nitrogens with one attached hydrogen (secondary N) is 1. The normalized spacial score (nSPS) is 16.7. The molecule has 5 heteroatoms. The van der Waals surface area contributed by atoms with E-state index in [1.54, 1.807) is 24.3 Å². The molecule has 126 valence electrons. The van der Waals surface area contributed by atoms with Crippen LogP contribution >= 0.6 is 0 Å². The van der Waals surface area contributed by atoms with E-state index in [1.807, 2.05) is 6.92 Å². The quantitative estimate of drug-likeness (QED) is 0.808. The van der Waals surface area contributed by atoms with Crippen molar-refractivity contribution in [3.8, 4) is 0 Å². The van der Waals surface area contributed by atoms with Crippen molar-refractivity contribution in [2.45, 2.75) is 64.1 Å². The molecular weight excluding hydrogens is 294 g/mol. The molecule has 1 aliphatic rings. The summed E-state index contributed by atoms with van der Waals surface area (Å²) in [6, 6.07) is 6.94. The van der Waals surface area contributed by atoms with Gasteiger partial charge in [0.1, 0.15) is 6.10 Å². The second kappa shape index (κ2) is 8.67. The van der Waals surface area contributed by atoms with E-state index >= 15 is 0 Å². The van der Waals surface area contributed by atoms with Crippen LogP contribution in [0.5, 0.6) is 0 Å². The second-order valence-corrected chi connectivity index (χ2v) is 6.05. The lowest BCUT2D eigenvalue weighted by Gasteiger charge is -2.26. The van der Waals surface area contributed by atoms with Gasteiger partial charge < -0.3 is 15.2 Å². The molecule has 0 saturated heterocycles. The molecule has 2 N–H and O–H groups in total. The SMILES string of the molecule is CCC(OC1CCCCC1)C(=O)Nc1cccc(CC(=O)O)c1. The zero-order valence-electron chi connectivity index (χ0n) is 13.6. The van der Waals surface area contributed by atoms with Gasteiger partial charge in [0, 0.05) is 5.69 Å². The topological polar surface area (TPSA) is 75.6 Å². The van der Waals surface area contributed by atoms with E-state index in [2.05, 4.69) is 5.32 Å². The van der Waals surface area contributed by atoms with Crippen LogP contribution in [0.2, 0.25) is 0 Å². The highest BCUT2D eigenvalue weighted by Gasteiger charge is 2.23. The maximum Gasteiger partial charge on any atom is 0.307 e. The van der Waals surface area contributed by atoms with E-state index < -0.39 is 12.1 Å². The van der Waals surface area contributed by atoms with Crippen molar-refractivity contribution in [1.29, 1.82) is 0 Å². The minimum atomic E-state index is -0.888. The van der Waals surface area contributed by atoms with Crippen LogP contribution < -0.4 is 5.32 Å². The lowest BCUT2D eigenvalue weighted by atomic mass is 9.97.